The van der Waals surface area contributed by atoms with Gasteiger partial charge >= 0.3 is 6.18 Å². The molecular weight excluding hydrogens is 367 g/mol. The monoisotopic (exact) mass is 383 g/mol. The Kier molecular flexibility index (Phi) is 4.50. The van der Waals surface area contributed by atoms with Crippen LogP contribution >= 0.6 is 0 Å². The van der Waals surface area contributed by atoms with Crippen molar-refractivity contribution in [1.29, 1.82) is 0 Å². The molecule has 4 nitrogen and oxygen atoms in total. The van der Waals surface area contributed by atoms with Gasteiger partial charge in [-0.05, 0) is 48.4 Å². The molecule has 7 heteroatoms. The second-order valence-electron chi connectivity index (χ2n) is 6.49. The van der Waals surface area contributed by atoms with Crippen LogP contribution in [0.25, 0.3) is 0 Å². The third-order valence-electron chi connectivity index (χ3n) is 4.65. The van der Waals surface area contributed by atoms with Gasteiger partial charge < -0.3 is 10.2 Å². The molecule has 0 spiro atoms. The van der Waals surface area contributed by atoms with Gasteiger partial charge in [0, 0.05) is 24.1 Å². The highest BCUT2D eigenvalue weighted by Gasteiger charge is 2.30. The van der Waals surface area contributed by atoms with E-state index < -0.39 is 17.6 Å². The largest absolute Gasteiger partial charge is 0.416 e. The van der Waals surface area contributed by atoms with Crippen LogP contribution in [0.1, 0.15) is 21.5 Å². The maximum absolute atomic E-state index is 12.6. The Hall–Kier alpha value is -3.35. The first-order chi connectivity index (χ1) is 13.4. The topological polar surface area (TPSA) is 45.2 Å². The molecule has 2 heterocycles. The minimum Gasteiger partial charge on any atom is -0.340 e. The standard InChI is InChI=1S/C21H16F3N3O/c22-21(23,24)16-5-7-17(8-6-16)26-20(28)15-11-18(13-25-12-15)27-10-9-14-3-1-2-4-19(14)27/h1-8,11-13H,9-10H2,(H,26,28). The van der Waals surface area contributed by atoms with Crippen LogP contribution < -0.4 is 10.2 Å². The maximum Gasteiger partial charge on any atom is 0.416 e. The van der Waals surface area contributed by atoms with Crippen molar-refractivity contribution in [2.45, 2.75) is 12.6 Å². The molecular formula is C21H16F3N3O. The number of carbonyl (C=O) groups is 1. The van der Waals surface area contributed by atoms with Gasteiger partial charge in [0.1, 0.15) is 0 Å². The van der Waals surface area contributed by atoms with Crippen molar-refractivity contribution in [3.05, 3.63) is 83.7 Å². The van der Waals surface area contributed by atoms with Crippen molar-refractivity contribution < 1.29 is 18.0 Å². The van der Waals surface area contributed by atoms with Gasteiger partial charge in [0.15, 0.2) is 0 Å². The summed E-state index contributed by atoms with van der Waals surface area (Å²) in [4.78, 5) is 18.8. The highest BCUT2D eigenvalue weighted by Crippen LogP contribution is 2.34. The van der Waals surface area contributed by atoms with E-state index >= 15 is 0 Å². The van der Waals surface area contributed by atoms with E-state index in [1.54, 1.807) is 12.3 Å². The number of hydrogen-bond donors (Lipinski definition) is 1. The maximum atomic E-state index is 12.6. The van der Waals surface area contributed by atoms with E-state index in [0.29, 0.717) is 5.56 Å². The van der Waals surface area contributed by atoms with Crippen molar-refractivity contribution in [2.24, 2.45) is 0 Å². The molecule has 0 aliphatic carbocycles. The molecule has 0 unspecified atom stereocenters. The van der Waals surface area contributed by atoms with Gasteiger partial charge in [0.25, 0.3) is 5.91 Å². The lowest BCUT2D eigenvalue weighted by Gasteiger charge is -2.19. The van der Waals surface area contributed by atoms with E-state index in [4.69, 9.17) is 0 Å². The molecule has 0 fully saturated rings. The predicted molar refractivity (Wildman–Crippen MR) is 101 cm³/mol. The van der Waals surface area contributed by atoms with Crippen LogP contribution in [0.3, 0.4) is 0 Å². The van der Waals surface area contributed by atoms with Crippen LogP contribution in [0.5, 0.6) is 0 Å². The number of amides is 1. The van der Waals surface area contributed by atoms with E-state index in [2.05, 4.69) is 21.3 Å². The zero-order valence-corrected chi connectivity index (χ0v) is 14.7. The fourth-order valence-corrected chi connectivity index (χ4v) is 3.25. The van der Waals surface area contributed by atoms with Gasteiger partial charge in [-0.1, -0.05) is 18.2 Å². The van der Waals surface area contributed by atoms with Crippen molar-refractivity contribution >= 4 is 23.0 Å². The Balaban J connectivity index is 1.53. The quantitative estimate of drug-likeness (QED) is 0.689. The summed E-state index contributed by atoms with van der Waals surface area (Å²) in [6.07, 6.45) is -0.368. The number of rotatable bonds is 3. The van der Waals surface area contributed by atoms with Gasteiger partial charge in [-0.25, -0.2) is 0 Å². The number of fused-ring (bicyclic) bond motifs is 1. The molecule has 1 N–H and O–H groups in total. The van der Waals surface area contributed by atoms with Gasteiger partial charge in [0.2, 0.25) is 0 Å². The lowest BCUT2D eigenvalue weighted by Crippen LogP contribution is -2.16. The Bertz CT molecular complexity index is 1020. The third kappa shape index (κ3) is 3.55. The number of alkyl halides is 3. The summed E-state index contributed by atoms with van der Waals surface area (Å²) in [7, 11) is 0. The molecule has 0 saturated heterocycles. The highest BCUT2D eigenvalue weighted by atomic mass is 19.4. The van der Waals surface area contributed by atoms with Gasteiger partial charge in [-0.3, -0.25) is 9.78 Å². The van der Waals surface area contributed by atoms with Gasteiger partial charge in [-0.2, -0.15) is 13.2 Å². The van der Waals surface area contributed by atoms with Crippen molar-refractivity contribution in [3.8, 4) is 0 Å². The van der Waals surface area contributed by atoms with Crippen molar-refractivity contribution in [3.63, 3.8) is 0 Å². The highest BCUT2D eigenvalue weighted by molar-refractivity contribution is 6.04. The van der Waals surface area contributed by atoms with E-state index in [1.165, 1.54) is 23.9 Å². The molecule has 0 saturated carbocycles. The molecule has 0 atom stereocenters. The number of carbonyl (C=O) groups excluding carboxylic acids is 1. The normalized spacial score (nSPS) is 13.3. The van der Waals surface area contributed by atoms with Crippen LogP contribution in [0.15, 0.2) is 67.0 Å². The van der Waals surface area contributed by atoms with Crippen molar-refractivity contribution in [2.75, 3.05) is 16.8 Å². The summed E-state index contributed by atoms with van der Waals surface area (Å²) >= 11 is 0. The molecule has 0 bridgehead atoms. The molecule has 28 heavy (non-hydrogen) atoms. The van der Waals surface area contributed by atoms with Crippen LogP contribution in [-0.2, 0) is 12.6 Å². The lowest BCUT2D eigenvalue weighted by molar-refractivity contribution is -0.137. The summed E-state index contributed by atoms with van der Waals surface area (Å²) in [5, 5.41) is 2.61. The van der Waals surface area contributed by atoms with Crippen LogP contribution in [0.2, 0.25) is 0 Å². The third-order valence-corrected chi connectivity index (χ3v) is 4.65. The predicted octanol–water partition coefficient (Wildman–Crippen LogP) is 5.05. The second-order valence-corrected chi connectivity index (χ2v) is 6.49. The second kappa shape index (κ2) is 6.99. The summed E-state index contributed by atoms with van der Waals surface area (Å²) in [6.45, 7) is 0.797. The number of nitrogens with zero attached hydrogens (tertiary/aromatic N) is 2. The molecule has 1 amide bonds. The molecule has 1 aliphatic heterocycles. The van der Waals surface area contributed by atoms with Crippen LogP contribution in [0, 0.1) is 0 Å². The number of para-hydroxylation sites is 1. The first-order valence-electron chi connectivity index (χ1n) is 8.71. The Morgan fingerprint density at radius 3 is 2.54 bits per heavy atom. The Morgan fingerprint density at radius 1 is 1.04 bits per heavy atom. The fraction of sp³-hybridized carbons (Fsp3) is 0.143. The number of anilines is 3. The smallest absolute Gasteiger partial charge is 0.340 e. The summed E-state index contributed by atoms with van der Waals surface area (Å²) in [6, 6.07) is 14.1. The van der Waals surface area contributed by atoms with Crippen LogP contribution in [0.4, 0.5) is 30.2 Å². The number of pyridine rings is 1. The summed E-state index contributed by atoms with van der Waals surface area (Å²) < 4.78 is 37.9. The molecule has 2 aromatic carbocycles. The zero-order valence-electron chi connectivity index (χ0n) is 14.7. The van der Waals surface area contributed by atoms with Gasteiger partial charge in [-0.15, -0.1) is 0 Å². The average molecular weight is 383 g/mol. The molecule has 4 rings (SSSR count). The average Bonchev–Trinajstić information content (AvgIpc) is 3.12. The number of halogens is 3. The van der Waals surface area contributed by atoms with E-state index in [0.717, 1.165) is 36.5 Å². The number of aromatic nitrogens is 1. The molecule has 142 valence electrons. The summed E-state index contributed by atoms with van der Waals surface area (Å²) in [5.74, 6) is -0.429. The van der Waals surface area contributed by atoms with E-state index in [9.17, 15) is 18.0 Å². The molecule has 3 aromatic rings. The fourth-order valence-electron chi connectivity index (χ4n) is 3.25. The lowest BCUT2D eigenvalue weighted by atomic mass is 10.1. The van der Waals surface area contributed by atoms with E-state index in [1.807, 2.05) is 18.2 Å². The summed E-state index contributed by atoms with van der Waals surface area (Å²) in [5.41, 5.74) is 2.98. The molecule has 1 aromatic heterocycles. The first kappa shape index (κ1) is 18.0. The number of hydrogen-bond acceptors (Lipinski definition) is 3. The number of nitrogens with one attached hydrogen (secondary N) is 1. The Morgan fingerprint density at radius 2 is 1.79 bits per heavy atom. The van der Waals surface area contributed by atoms with Crippen molar-refractivity contribution in [1.82, 2.24) is 4.98 Å². The number of benzene rings is 2. The van der Waals surface area contributed by atoms with Gasteiger partial charge in [0.05, 0.1) is 23.0 Å². The Labute approximate surface area is 159 Å². The zero-order chi connectivity index (χ0) is 19.7. The SMILES string of the molecule is O=C(Nc1ccc(C(F)(F)F)cc1)c1cncc(N2CCc3ccccc32)c1. The van der Waals surface area contributed by atoms with E-state index in [-0.39, 0.29) is 5.69 Å². The molecule has 1 aliphatic rings. The minimum atomic E-state index is -4.41. The van der Waals surface area contributed by atoms with Crippen LogP contribution in [-0.4, -0.2) is 17.4 Å². The minimum absolute atomic E-state index is 0.287. The first-order valence-corrected chi connectivity index (χ1v) is 8.71. The molecule has 0 radical (unpaired) electrons.